The third-order valence-electron chi connectivity index (χ3n) is 2.03. The van der Waals surface area contributed by atoms with E-state index in [9.17, 15) is 0 Å². The van der Waals surface area contributed by atoms with Crippen LogP contribution in [0.15, 0.2) is 0 Å². The van der Waals surface area contributed by atoms with Gasteiger partial charge in [0.05, 0.1) is 11.5 Å². The Balaban J connectivity index is 2.37. The molecule has 2 unspecified atom stereocenters. The SMILES string of the molecule is CCC1CSC(C)(COC)N1. The van der Waals surface area contributed by atoms with Gasteiger partial charge in [0, 0.05) is 18.9 Å². The van der Waals surface area contributed by atoms with Crippen LogP contribution in [-0.4, -0.2) is 30.4 Å². The van der Waals surface area contributed by atoms with Gasteiger partial charge in [0.1, 0.15) is 0 Å². The van der Waals surface area contributed by atoms with Gasteiger partial charge in [0.2, 0.25) is 0 Å². The summed E-state index contributed by atoms with van der Waals surface area (Å²) < 4.78 is 5.14. The van der Waals surface area contributed by atoms with Gasteiger partial charge in [0.15, 0.2) is 0 Å². The number of nitrogens with one attached hydrogen (secondary N) is 1. The lowest BCUT2D eigenvalue weighted by Gasteiger charge is -2.23. The fraction of sp³-hybridized carbons (Fsp3) is 1.00. The molecule has 1 aliphatic rings. The smallest absolute Gasteiger partial charge is 0.0855 e. The Hall–Kier alpha value is 0.270. The summed E-state index contributed by atoms with van der Waals surface area (Å²) >= 11 is 1.97. The lowest BCUT2D eigenvalue weighted by Crippen LogP contribution is -2.42. The molecule has 66 valence electrons. The van der Waals surface area contributed by atoms with Crippen LogP contribution < -0.4 is 5.32 Å². The molecule has 1 aliphatic heterocycles. The minimum atomic E-state index is 0.162. The minimum Gasteiger partial charge on any atom is -0.382 e. The Kier molecular flexibility index (Phi) is 3.22. The van der Waals surface area contributed by atoms with Crippen molar-refractivity contribution in [3.63, 3.8) is 0 Å². The van der Waals surface area contributed by atoms with Crippen LogP contribution in [0.5, 0.6) is 0 Å². The second-order valence-electron chi connectivity index (χ2n) is 3.22. The average Bonchev–Trinajstić information content (AvgIpc) is 2.33. The molecule has 0 bridgehead atoms. The van der Waals surface area contributed by atoms with Crippen molar-refractivity contribution in [2.24, 2.45) is 0 Å². The van der Waals surface area contributed by atoms with Crippen LogP contribution in [0, 0.1) is 0 Å². The summed E-state index contributed by atoms with van der Waals surface area (Å²) in [5.74, 6) is 1.22. The van der Waals surface area contributed by atoms with Crippen molar-refractivity contribution in [2.45, 2.75) is 31.2 Å². The predicted molar refractivity (Wildman–Crippen MR) is 50.0 cm³/mol. The average molecular weight is 175 g/mol. The Morgan fingerprint density at radius 2 is 2.45 bits per heavy atom. The Labute approximate surface area is 73.1 Å². The van der Waals surface area contributed by atoms with Gasteiger partial charge in [-0.05, 0) is 13.3 Å². The van der Waals surface area contributed by atoms with E-state index in [1.165, 1.54) is 12.2 Å². The molecule has 1 N–H and O–H groups in total. The summed E-state index contributed by atoms with van der Waals surface area (Å²) in [5, 5.41) is 3.56. The molecule has 0 aromatic carbocycles. The first-order chi connectivity index (χ1) is 5.20. The molecular formula is C8H17NOS. The molecule has 0 aromatic heterocycles. The van der Waals surface area contributed by atoms with Gasteiger partial charge in [-0.2, -0.15) is 0 Å². The van der Waals surface area contributed by atoms with Crippen LogP contribution in [0.2, 0.25) is 0 Å². The van der Waals surface area contributed by atoms with Crippen molar-refractivity contribution in [1.82, 2.24) is 5.32 Å². The zero-order valence-corrected chi connectivity index (χ0v) is 8.33. The molecule has 0 aromatic rings. The Morgan fingerprint density at radius 1 is 1.73 bits per heavy atom. The second kappa shape index (κ2) is 3.78. The third kappa shape index (κ3) is 2.36. The molecule has 1 saturated heterocycles. The van der Waals surface area contributed by atoms with Crippen LogP contribution in [0.3, 0.4) is 0 Å². The van der Waals surface area contributed by atoms with Gasteiger partial charge in [-0.3, -0.25) is 5.32 Å². The highest BCUT2D eigenvalue weighted by atomic mass is 32.2. The first-order valence-electron chi connectivity index (χ1n) is 4.11. The van der Waals surface area contributed by atoms with Gasteiger partial charge >= 0.3 is 0 Å². The molecule has 1 heterocycles. The summed E-state index contributed by atoms with van der Waals surface area (Å²) in [6, 6.07) is 0.681. The zero-order chi connectivity index (χ0) is 8.32. The van der Waals surface area contributed by atoms with Crippen LogP contribution >= 0.6 is 11.8 Å². The van der Waals surface area contributed by atoms with Gasteiger partial charge in [-0.1, -0.05) is 6.92 Å². The highest BCUT2D eigenvalue weighted by molar-refractivity contribution is 8.00. The summed E-state index contributed by atoms with van der Waals surface area (Å²) in [4.78, 5) is 0.162. The molecule has 0 spiro atoms. The van der Waals surface area contributed by atoms with E-state index in [0.717, 1.165) is 6.61 Å². The number of thioether (sulfide) groups is 1. The van der Waals surface area contributed by atoms with E-state index < -0.39 is 0 Å². The molecular weight excluding hydrogens is 158 g/mol. The van der Waals surface area contributed by atoms with E-state index in [1.54, 1.807) is 7.11 Å². The van der Waals surface area contributed by atoms with E-state index in [1.807, 2.05) is 11.8 Å². The van der Waals surface area contributed by atoms with Crippen LogP contribution in [0.4, 0.5) is 0 Å². The third-order valence-corrected chi connectivity index (χ3v) is 3.47. The standard InChI is InChI=1S/C8H17NOS/c1-4-7-5-11-8(2,9-7)6-10-3/h7,9H,4-6H2,1-3H3. The zero-order valence-electron chi connectivity index (χ0n) is 7.52. The molecule has 3 heteroatoms. The summed E-state index contributed by atoms with van der Waals surface area (Å²) in [5.41, 5.74) is 0. The maximum atomic E-state index is 5.14. The van der Waals surface area contributed by atoms with Crippen LogP contribution in [-0.2, 0) is 4.74 Å². The minimum absolute atomic E-state index is 0.162. The molecule has 0 saturated carbocycles. The van der Waals surface area contributed by atoms with E-state index in [0.29, 0.717) is 6.04 Å². The summed E-state index contributed by atoms with van der Waals surface area (Å²) in [7, 11) is 1.76. The van der Waals surface area contributed by atoms with E-state index in [2.05, 4.69) is 19.2 Å². The second-order valence-corrected chi connectivity index (χ2v) is 4.75. The Bertz CT molecular complexity index is 131. The largest absolute Gasteiger partial charge is 0.382 e. The first-order valence-corrected chi connectivity index (χ1v) is 5.09. The fourth-order valence-corrected chi connectivity index (χ4v) is 2.72. The molecule has 11 heavy (non-hydrogen) atoms. The lowest BCUT2D eigenvalue weighted by molar-refractivity contribution is 0.159. The molecule has 2 atom stereocenters. The van der Waals surface area contributed by atoms with Gasteiger partial charge in [-0.25, -0.2) is 0 Å². The number of ether oxygens (including phenoxy) is 1. The molecule has 0 amide bonds. The van der Waals surface area contributed by atoms with Crippen LogP contribution in [0.25, 0.3) is 0 Å². The lowest BCUT2D eigenvalue weighted by atomic mass is 10.2. The number of hydrogen-bond acceptors (Lipinski definition) is 3. The van der Waals surface area contributed by atoms with Crippen molar-refractivity contribution in [3.8, 4) is 0 Å². The molecule has 0 aliphatic carbocycles. The highest BCUT2D eigenvalue weighted by Gasteiger charge is 2.33. The summed E-state index contributed by atoms with van der Waals surface area (Å²) in [6.45, 7) is 5.22. The molecule has 2 nitrogen and oxygen atoms in total. The monoisotopic (exact) mass is 175 g/mol. The van der Waals surface area contributed by atoms with Crippen molar-refractivity contribution in [1.29, 1.82) is 0 Å². The normalized spacial score (nSPS) is 37.9. The topological polar surface area (TPSA) is 21.3 Å². The van der Waals surface area contributed by atoms with E-state index in [4.69, 9.17) is 4.74 Å². The van der Waals surface area contributed by atoms with E-state index in [-0.39, 0.29) is 4.87 Å². The predicted octanol–water partition coefficient (Wildman–Crippen LogP) is 1.46. The number of rotatable bonds is 3. The van der Waals surface area contributed by atoms with Crippen LogP contribution in [0.1, 0.15) is 20.3 Å². The molecule has 1 fully saturated rings. The quantitative estimate of drug-likeness (QED) is 0.702. The van der Waals surface area contributed by atoms with Gasteiger partial charge in [0.25, 0.3) is 0 Å². The maximum Gasteiger partial charge on any atom is 0.0855 e. The Morgan fingerprint density at radius 3 is 2.91 bits per heavy atom. The van der Waals surface area contributed by atoms with Gasteiger partial charge < -0.3 is 4.74 Å². The van der Waals surface area contributed by atoms with E-state index >= 15 is 0 Å². The van der Waals surface area contributed by atoms with Crippen molar-refractivity contribution in [2.75, 3.05) is 19.5 Å². The van der Waals surface area contributed by atoms with Crippen molar-refractivity contribution in [3.05, 3.63) is 0 Å². The van der Waals surface area contributed by atoms with Crippen molar-refractivity contribution < 1.29 is 4.74 Å². The number of hydrogen-bond donors (Lipinski definition) is 1. The maximum absolute atomic E-state index is 5.14. The highest BCUT2D eigenvalue weighted by Crippen LogP contribution is 2.30. The number of methoxy groups -OCH3 is 1. The molecule has 0 radical (unpaired) electrons. The van der Waals surface area contributed by atoms with Gasteiger partial charge in [-0.15, -0.1) is 11.8 Å². The first kappa shape index (κ1) is 9.36. The van der Waals surface area contributed by atoms with Crippen molar-refractivity contribution >= 4 is 11.8 Å². The fourth-order valence-electron chi connectivity index (χ4n) is 1.38. The summed E-state index contributed by atoms with van der Waals surface area (Å²) in [6.07, 6.45) is 1.21. The molecule has 1 rings (SSSR count).